The molecule has 0 saturated heterocycles. The van der Waals surface area contributed by atoms with Crippen molar-refractivity contribution in [3.05, 3.63) is 96.1 Å². The minimum absolute atomic E-state index is 0.0146. The fourth-order valence-corrected chi connectivity index (χ4v) is 7.40. The summed E-state index contributed by atoms with van der Waals surface area (Å²) in [6.45, 7) is 4.25. The number of unbranched alkanes of at least 4 members (excludes halogenated alkanes) is 1. The zero-order chi connectivity index (χ0) is 36.7. The number of hydrogen-bond acceptors (Lipinski definition) is 9. The van der Waals surface area contributed by atoms with Gasteiger partial charge in [0, 0.05) is 24.7 Å². The number of carbonyl (C=O) groups excluding carboxylic acids is 3. The van der Waals surface area contributed by atoms with Crippen LogP contribution in [0.4, 0.5) is 10.5 Å². The smallest absolute Gasteiger partial charge is 0.407 e. The van der Waals surface area contributed by atoms with Gasteiger partial charge in [-0.2, -0.15) is 4.31 Å². The molecule has 272 valence electrons. The lowest BCUT2D eigenvalue weighted by Gasteiger charge is -2.32. The largest absolute Gasteiger partial charge is 0.463 e. The summed E-state index contributed by atoms with van der Waals surface area (Å²) in [6, 6.07) is 23.3. The average molecular weight is 710 g/mol. The van der Waals surface area contributed by atoms with Gasteiger partial charge in [0.25, 0.3) is 0 Å². The van der Waals surface area contributed by atoms with Crippen molar-refractivity contribution in [2.45, 2.75) is 56.0 Å². The van der Waals surface area contributed by atoms with Gasteiger partial charge in [-0.25, -0.2) is 13.2 Å². The van der Waals surface area contributed by atoms with Crippen molar-refractivity contribution in [3.8, 4) is 0 Å². The lowest BCUT2D eigenvalue weighted by molar-refractivity contribution is -0.145. The van der Waals surface area contributed by atoms with E-state index in [2.05, 4.69) is 10.6 Å². The van der Waals surface area contributed by atoms with Crippen molar-refractivity contribution in [1.29, 1.82) is 0 Å². The molecular formula is C37H51N5O7S. The number of anilines is 1. The molecule has 2 unspecified atom stereocenters. The number of nitrogens with one attached hydrogen (secondary N) is 2. The molecule has 0 spiro atoms. The molecular weight excluding hydrogens is 659 g/mol. The zero-order valence-electron chi connectivity index (χ0n) is 29.6. The highest BCUT2D eigenvalue weighted by Gasteiger charge is 2.34. The van der Waals surface area contributed by atoms with Gasteiger partial charge < -0.3 is 25.8 Å². The third-order valence-corrected chi connectivity index (χ3v) is 9.91. The molecule has 2 amide bonds. The van der Waals surface area contributed by atoms with Gasteiger partial charge >= 0.3 is 12.1 Å². The predicted molar refractivity (Wildman–Crippen MR) is 194 cm³/mol. The SMILES string of the molecule is COC(=O)NC(C(=O)NCCCCC(COC(=O)CN(C)C)N(CC(C)C)S(=O)(=O)c1ccc(N)cc1)C(c1ccccc1)c1ccccc1. The maximum Gasteiger partial charge on any atom is 0.407 e. The third kappa shape index (κ3) is 12.1. The maximum absolute atomic E-state index is 13.9. The number of ether oxygens (including phenoxy) is 2. The van der Waals surface area contributed by atoms with Crippen molar-refractivity contribution in [1.82, 2.24) is 19.8 Å². The van der Waals surface area contributed by atoms with E-state index in [4.69, 9.17) is 15.2 Å². The highest BCUT2D eigenvalue weighted by molar-refractivity contribution is 7.89. The maximum atomic E-state index is 13.9. The van der Waals surface area contributed by atoms with Gasteiger partial charge in [-0.05, 0) is 74.7 Å². The molecule has 0 aliphatic heterocycles. The van der Waals surface area contributed by atoms with E-state index in [1.165, 1.54) is 35.7 Å². The Morgan fingerprint density at radius 1 is 0.860 bits per heavy atom. The lowest BCUT2D eigenvalue weighted by atomic mass is 9.84. The van der Waals surface area contributed by atoms with Gasteiger partial charge in [-0.1, -0.05) is 74.5 Å². The lowest BCUT2D eigenvalue weighted by Crippen LogP contribution is -2.50. The second-order valence-electron chi connectivity index (χ2n) is 12.8. The molecule has 12 nitrogen and oxygen atoms in total. The number of nitrogens with zero attached hydrogens (tertiary/aromatic N) is 2. The number of nitrogens with two attached hydrogens (primary N) is 1. The number of rotatable bonds is 19. The summed E-state index contributed by atoms with van der Waals surface area (Å²) in [5, 5.41) is 5.68. The number of carbonyl (C=O) groups is 3. The monoisotopic (exact) mass is 709 g/mol. The highest BCUT2D eigenvalue weighted by Crippen LogP contribution is 2.29. The Balaban J connectivity index is 1.78. The van der Waals surface area contributed by atoms with Crippen LogP contribution in [-0.2, 0) is 29.1 Å². The number of methoxy groups -OCH3 is 1. The minimum Gasteiger partial charge on any atom is -0.463 e. The molecule has 3 aromatic carbocycles. The van der Waals surface area contributed by atoms with Crippen molar-refractivity contribution in [2.75, 3.05) is 53.2 Å². The molecule has 4 N–H and O–H groups in total. The molecule has 0 saturated carbocycles. The summed E-state index contributed by atoms with van der Waals surface area (Å²) in [7, 11) is 0.766. The normalized spacial score (nSPS) is 12.9. The number of alkyl carbamates (subject to hydrolysis) is 1. The predicted octanol–water partition coefficient (Wildman–Crippen LogP) is 4.23. The number of sulfonamides is 1. The molecule has 0 aromatic heterocycles. The van der Waals surface area contributed by atoms with Crippen LogP contribution in [0.2, 0.25) is 0 Å². The van der Waals surface area contributed by atoms with E-state index >= 15 is 0 Å². The van der Waals surface area contributed by atoms with E-state index in [0.717, 1.165) is 11.1 Å². The Labute approximate surface area is 296 Å². The second-order valence-corrected chi connectivity index (χ2v) is 14.7. The van der Waals surface area contributed by atoms with Crippen LogP contribution < -0.4 is 16.4 Å². The van der Waals surface area contributed by atoms with Crippen LogP contribution in [0.3, 0.4) is 0 Å². The zero-order valence-corrected chi connectivity index (χ0v) is 30.4. The van der Waals surface area contributed by atoms with E-state index in [0.29, 0.717) is 24.9 Å². The minimum atomic E-state index is -3.97. The van der Waals surface area contributed by atoms with Crippen LogP contribution in [0, 0.1) is 5.92 Å². The van der Waals surface area contributed by atoms with Gasteiger partial charge in [0.1, 0.15) is 12.6 Å². The molecule has 0 bridgehead atoms. The van der Waals surface area contributed by atoms with Crippen molar-refractivity contribution < 1.29 is 32.3 Å². The summed E-state index contributed by atoms with van der Waals surface area (Å²) in [4.78, 5) is 40.5. The molecule has 0 aliphatic carbocycles. The standard InChI is InChI=1S/C37H51N5O7S/c1-27(2)24-42(50(46,47)32-21-19-30(38)20-22-32)31(26-49-33(43)25-41(3)4)18-12-13-23-39-36(44)35(40-37(45)48-5)34(28-14-8-6-9-15-28)29-16-10-7-11-17-29/h6-11,14-17,19-22,27,31,34-35H,12-13,18,23-26,38H2,1-5H3,(H,39,44)(H,40,45). The Kier molecular flexibility index (Phi) is 15.7. The first-order valence-corrected chi connectivity index (χ1v) is 18.2. The molecule has 0 radical (unpaired) electrons. The number of hydrogen-bond donors (Lipinski definition) is 3. The van der Waals surface area contributed by atoms with Gasteiger partial charge in [0.15, 0.2) is 0 Å². The first kappa shape index (κ1) is 40.0. The third-order valence-electron chi connectivity index (χ3n) is 7.98. The van der Waals surface area contributed by atoms with Crippen LogP contribution in [0.5, 0.6) is 0 Å². The van der Waals surface area contributed by atoms with Gasteiger partial charge in [-0.3, -0.25) is 14.5 Å². The molecule has 13 heteroatoms. The van der Waals surface area contributed by atoms with Gasteiger partial charge in [0.2, 0.25) is 15.9 Å². The molecule has 3 aromatic rings. The Hall–Kier alpha value is -4.46. The summed E-state index contributed by atoms with van der Waals surface area (Å²) in [5.41, 5.74) is 7.95. The molecule has 2 atom stereocenters. The fourth-order valence-electron chi connectivity index (χ4n) is 5.59. The number of esters is 1. The van der Waals surface area contributed by atoms with Crippen molar-refractivity contribution >= 4 is 33.7 Å². The van der Waals surface area contributed by atoms with Crippen LogP contribution in [-0.4, -0.2) is 95.1 Å². The summed E-state index contributed by atoms with van der Waals surface area (Å²) in [5.74, 6) is -1.37. The Bertz CT molecular complexity index is 1560. The summed E-state index contributed by atoms with van der Waals surface area (Å²) < 4.78 is 39.7. The second kappa shape index (κ2) is 19.7. The van der Waals surface area contributed by atoms with E-state index in [-0.39, 0.29) is 37.1 Å². The quantitative estimate of drug-likeness (QED) is 0.0941. The fraction of sp³-hybridized carbons (Fsp3) is 0.432. The molecule has 0 fully saturated rings. The first-order chi connectivity index (χ1) is 23.8. The molecule has 3 rings (SSSR count). The van der Waals surface area contributed by atoms with E-state index in [1.54, 1.807) is 19.0 Å². The number of likely N-dealkylation sites (N-methyl/N-ethyl adjacent to an activating group) is 1. The number of nitrogen functional groups attached to an aromatic ring is 1. The summed E-state index contributed by atoms with van der Waals surface area (Å²) in [6.07, 6.45) is 0.642. The first-order valence-electron chi connectivity index (χ1n) is 16.7. The number of benzene rings is 3. The average Bonchev–Trinajstić information content (AvgIpc) is 3.08. The van der Waals surface area contributed by atoms with Crippen LogP contribution in [0.25, 0.3) is 0 Å². The topological polar surface area (TPSA) is 160 Å². The van der Waals surface area contributed by atoms with Gasteiger partial charge in [-0.15, -0.1) is 0 Å². The van der Waals surface area contributed by atoms with Gasteiger partial charge in [0.05, 0.1) is 24.6 Å². The molecule has 50 heavy (non-hydrogen) atoms. The van der Waals surface area contributed by atoms with Crippen molar-refractivity contribution in [2.24, 2.45) is 5.92 Å². The van der Waals surface area contributed by atoms with E-state index in [1.807, 2.05) is 74.5 Å². The van der Waals surface area contributed by atoms with Crippen LogP contribution >= 0.6 is 0 Å². The molecule has 0 heterocycles. The Morgan fingerprint density at radius 2 is 1.44 bits per heavy atom. The highest BCUT2D eigenvalue weighted by atomic mass is 32.2. The van der Waals surface area contributed by atoms with Crippen molar-refractivity contribution in [3.63, 3.8) is 0 Å². The van der Waals surface area contributed by atoms with Crippen LogP contribution in [0.1, 0.15) is 50.2 Å². The molecule has 0 aliphatic rings. The summed E-state index contributed by atoms with van der Waals surface area (Å²) >= 11 is 0. The number of amides is 2. The van der Waals surface area contributed by atoms with E-state index in [9.17, 15) is 22.8 Å². The van der Waals surface area contributed by atoms with E-state index < -0.39 is 46.0 Å². The Morgan fingerprint density at radius 3 is 1.96 bits per heavy atom. The van der Waals surface area contributed by atoms with Crippen LogP contribution in [0.15, 0.2) is 89.8 Å².